The number of aliphatic hydroxyl groups is 11. The molecule has 0 saturated carbocycles. The highest BCUT2D eigenvalue weighted by Crippen LogP contribution is 2.40. The van der Waals surface area contributed by atoms with E-state index < -0.39 is 155 Å². The molecule has 3 fully saturated rings. The molecule has 13 N–H and O–H groups in total. The highest BCUT2D eigenvalue weighted by Gasteiger charge is 2.59. The lowest BCUT2D eigenvalue weighted by Gasteiger charge is -2.50. The second-order valence-corrected chi connectivity index (χ2v) is 14.0. The number of aliphatic carboxylic acids is 1. The molecule has 18 atom stereocenters. The fourth-order valence-electron chi connectivity index (χ4n) is 6.57. The van der Waals surface area contributed by atoms with Gasteiger partial charge in [-0.1, -0.05) is 43.3 Å². The van der Waals surface area contributed by atoms with Gasteiger partial charge in [0.2, 0.25) is 0 Å². The second-order valence-electron chi connectivity index (χ2n) is 14.0. The van der Waals surface area contributed by atoms with Crippen LogP contribution in [0.15, 0.2) is 43.0 Å². The van der Waals surface area contributed by atoms with Gasteiger partial charge in [-0.05, 0) is 5.56 Å². The van der Waals surface area contributed by atoms with Gasteiger partial charge in [-0.2, -0.15) is 0 Å². The molecule has 0 bridgehead atoms. The minimum absolute atomic E-state index is 0.0947. The first-order valence-electron chi connectivity index (χ1n) is 18.1. The maximum absolute atomic E-state index is 12.7. The van der Waals surface area contributed by atoms with E-state index in [2.05, 4.69) is 11.9 Å². The fraction of sp³-hybridized carbons (Fsp3) is 0.714. The Kier molecular flexibility index (Phi) is 17.1. The van der Waals surface area contributed by atoms with E-state index in [1.165, 1.54) is 6.92 Å². The van der Waals surface area contributed by atoms with Crippen LogP contribution in [0.2, 0.25) is 0 Å². The van der Waals surface area contributed by atoms with Crippen molar-refractivity contribution in [2.24, 2.45) is 5.92 Å². The topological polar surface area (TPSA) is 354 Å². The predicted molar refractivity (Wildman–Crippen MR) is 185 cm³/mol. The van der Waals surface area contributed by atoms with Crippen LogP contribution in [0.4, 0.5) is 4.79 Å². The standard InChI is InChI=1S/C35H53NO21/c1-3-18(40)17(36-34(50)52-13-16-7-5-4-6-8-16)14-51-31-26(46)25(45)29(22(12-39)54-31)55-32-27(47)30(24(44)21(11-38)53-32)57-35(33(48)49)9-19(41)15(2)28(56-35)23(43)20(42)10-37/h3-8,15,17-32,37-47H,1,9-14H2,2H3,(H,36,50)(H,48,49)/t15-,17+,18-,19-,20-,21?,22?,23-,24+,25-,26+,27+,28?,29-,30+,31?,32?,35?/m1/s1. The number of carbonyl (C=O) groups is 2. The molecule has 3 aliphatic heterocycles. The van der Waals surface area contributed by atoms with Crippen molar-refractivity contribution in [3.63, 3.8) is 0 Å². The highest BCUT2D eigenvalue weighted by molar-refractivity contribution is 5.76. The molecule has 4 rings (SSSR count). The van der Waals surface area contributed by atoms with Gasteiger partial charge >= 0.3 is 12.1 Å². The predicted octanol–water partition coefficient (Wildman–Crippen LogP) is -5.23. The molecule has 0 aromatic heterocycles. The zero-order valence-corrected chi connectivity index (χ0v) is 30.8. The summed E-state index contributed by atoms with van der Waals surface area (Å²) >= 11 is 0. The van der Waals surface area contributed by atoms with E-state index in [0.29, 0.717) is 5.56 Å². The summed E-state index contributed by atoms with van der Waals surface area (Å²) < 4.78 is 38.8. The molecule has 3 saturated heterocycles. The summed E-state index contributed by atoms with van der Waals surface area (Å²) in [5.74, 6) is -5.85. The molecule has 1 amide bonds. The van der Waals surface area contributed by atoms with Gasteiger partial charge in [-0.3, -0.25) is 0 Å². The number of ether oxygens (including phenoxy) is 7. The molecule has 3 heterocycles. The minimum Gasteiger partial charge on any atom is -0.477 e. The van der Waals surface area contributed by atoms with Crippen LogP contribution in [0.5, 0.6) is 0 Å². The number of hydrogen-bond acceptors (Lipinski definition) is 20. The first kappa shape index (κ1) is 46.7. The molecule has 22 heteroatoms. The van der Waals surface area contributed by atoms with Crippen LogP contribution in [-0.4, -0.2) is 204 Å². The zero-order valence-electron chi connectivity index (χ0n) is 30.8. The Morgan fingerprint density at radius 3 is 2.18 bits per heavy atom. The summed E-state index contributed by atoms with van der Waals surface area (Å²) in [7, 11) is 0. The third kappa shape index (κ3) is 11.0. The van der Waals surface area contributed by atoms with Crippen molar-refractivity contribution in [2.45, 2.75) is 124 Å². The Morgan fingerprint density at radius 2 is 1.58 bits per heavy atom. The molecular formula is C35H53NO21. The number of rotatable bonds is 18. The van der Waals surface area contributed by atoms with Gasteiger partial charge in [0.05, 0.1) is 50.8 Å². The summed E-state index contributed by atoms with van der Waals surface area (Å²) in [5, 5.41) is 128. The monoisotopic (exact) mass is 823 g/mol. The van der Waals surface area contributed by atoms with Crippen molar-refractivity contribution in [3.05, 3.63) is 48.6 Å². The van der Waals surface area contributed by atoms with Gasteiger partial charge in [0, 0.05) is 12.3 Å². The van der Waals surface area contributed by atoms with Gasteiger partial charge in [0.15, 0.2) is 12.6 Å². The molecular weight excluding hydrogens is 770 g/mol. The number of nitrogens with one attached hydrogen (secondary N) is 1. The third-order valence-corrected chi connectivity index (χ3v) is 10.0. The molecule has 0 spiro atoms. The van der Waals surface area contributed by atoms with Crippen LogP contribution in [0.1, 0.15) is 18.9 Å². The Morgan fingerprint density at radius 1 is 0.930 bits per heavy atom. The molecule has 1 aromatic carbocycles. The number of hydrogen-bond donors (Lipinski definition) is 13. The van der Waals surface area contributed by atoms with E-state index in [1.54, 1.807) is 30.3 Å². The average Bonchev–Trinajstić information content (AvgIpc) is 3.20. The number of alkyl carbamates (subject to hydrolysis) is 1. The van der Waals surface area contributed by atoms with Gasteiger partial charge in [-0.25, -0.2) is 9.59 Å². The molecule has 0 aliphatic carbocycles. The maximum atomic E-state index is 12.7. The van der Waals surface area contributed by atoms with Crippen LogP contribution >= 0.6 is 0 Å². The van der Waals surface area contributed by atoms with Crippen molar-refractivity contribution < 1.29 is 104 Å². The molecule has 57 heavy (non-hydrogen) atoms. The number of amides is 1. The fourth-order valence-corrected chi connectivity index (χ4v) is 6.57. The van der Waals surface area contributed by atoms with Crippen LogP contribution in [0.3, 0.4) is 0 Å². The first-order chi connectivity index (χ1) is 27.0. The molecule has 3 aliphatic rings. The maximum Gasteiger partial charge on any atom is 0.407 e. The Labute approximate surface area is 326 Å². The van der Waals surface area contributed by atoms with Crippen LogP contribution in [-0.2, 0) is 44.6 Å². The van der Waals surface area contributed by atoms with Crippen LogP contribution in [0, 0.1) is 5.92 Å². The van der Waals surface area contributed by atoms with Crippen LogP contribution < -0.4 is 5.32 Å². The van der Waals surface area contributed by atoms with E-state index in [4.69, 9.17) is 33.2 Å². The lowest BCUT2D eigenvalue weighted by molar-refractivity contribution is -0.388. The number of carbonyl (C=O) groups excluding carboxylic acids is 1. The van der Waals surface area contributed by atoms with Gasteiger partial charge < -0.3 is 99.8 Å². The van der Waals surface area contributed by atoms with E-state index in [1.807, 2.05) is 0 Å². The minimum atomic E-state index is -2.92. The Bertz CT molecular complexity index is 1430. The van der Waals surface area contributed by atoms with Crippen LogP contribution in [0.25, 0.3) is 0 Å². The Hall–Kier alpha value is -2.98. The largest absolute Gasteiger partial charge is 0.477 e. The summed E-state index contributed by atoms with van der Waals surface area (Å²) in [4.78, 5) is 25.1. The molecule has 324 valence electrons. The molecule has 22 nitrogen and oxygen atoms in total. The number of benzene rings is 1. The molecule has 0 radical (unpaired) electrons. The number of carboxylic acids is 1. The van der Waals surface area contributed by atoms with E-state index in [-0.39, 0.29) is 6.61 Å². The third-order valence-electron chi connectivity index (χ3n) is 10.0. The molecule has 6 unspecified atom stereocenters. The van der Waals surface area contributed by atoms with E-state index >= 15 is 0 Å². The average molecular weight is 824 g/mol. The van der Waals surface area contributed by atoms with Crippen molar-refractivity contribution in [1.29, 1.82) is 0 Å². The quantitative estimate of drug-likeness (QED) is 0.0615. The van der Waals surface area contributed by atoms with Crippen molar-refractivity contribution in [3.8, 4) is 0 Å². The van der Waals surface area contributed by atoms with Crippen molar-refractivity contribution >= 4 is 12.1 Å². The van der Waals surface area contributed by atoms with E-state index in [9.17, 15) is 70.9 Å². The summed E-state index contributed by atoms with van der Waals surface area (Å²) in [6.07, 6.45) is -28.1. The number of aliphatic hydroxyl groups excluding tert-OH is 11. The summed E-state index contributed by atoms with van der Waals surface area (Å²) in [6, 6.07) is 7.50. The second kappa shape index (κ2) is 20.8. The Balaban J connectivity index is 1.47. The summed E-state index contributed by atoms with van der Waals surface area (Å²) in [5.41, 5.74) is 0.684. The normalized spacial score (nSPS) is 38.0. The number of carboxylic acid groups (broad SMARTS) is 1. The molecule has 1 aromatic rings. The van der Waals surface area contributed by atoms with Gasteiger partial charge in [0.1, 0.15) is 67.6 Å². The zero-order chi connectivity index (χ0) is 42.2. The SMILES string of the molecule is C=C[C@@H](O)[C@H](COC1OC(CO)[C@@H](OC2OC(CO)[C@H](O)[C@H](OC3(C(=O)O)C[C@@H](O)[C@@H](C)C([C@H](O)[C@H](O)CO)O3)[C@@H]2O)[C@H](O)[C@@H]1O)NC(=O)OCc1ccccc1. The summed E-state index contributed by atoms with van der Waals surface area (Å²) in [6.45, 7) is 1.34. The van der Waals surface area contributed by atoms with Gasteiger partial charge in [-0.15, -0.1) is 6.58 Å². The smallest absolute Gasteiger partial charge is 0.407 e. The lowest BCUT2D eigenvalue weighted by atomic mass is 9.84. The van der Waals surface area contributed by atoms with Crippen molar-refractivity contribution in [1.82, 2.24) is 5.32 Å². The lowest BCUT2D eigenvalue weighted by Crippen LogP contribution is -2.68. The van der Waals surface area contributed by atoms with E-state index in [0.717, 1.165) is 6.08 Å². The first-order valence-corrected chi connectivity index (χ1v) is 18.1. The highest BCUT2D eigenvalue weighted by atomic mass is 16.8. The van der Waals surface area contributed by atoms with Crippen molar-refractivity contribution in [2.75, 3.05) is 26.4 Å². The van der Waals surface area contributed by atoms with Gasteiger partial charge in [0.25, 0.3) is 5.79 Å².